The Morgan fingerprint density at radius 1 is 0.971 bits per heavy atom. The van der Waals surface area contributed by atoms with Crippen LogP contribution in [0.15, 0.2) is 77.7 Å². The maximum absolute atomic E-state index is 14.2. The lowest BCUT2D eigenvalue weighted by Crippen LogP contribution is -2.52. The van der Waals surface area contributed by atoms with E-state index in [4.69, 9.17) is 4.74 Å². The Morgan fingerprint density at radius 2 is 1.63 bits per heavy atom. The second-order valence-corrected chi connectivity index (χ2v) is 10.2. The van der Waals surface area contributed by atoms with E-state index in [0.29, 0.717) is 43.3 Å². The van der Waals surface area contributed by atoms with E-state index in [1.54, 1.807) is 53.4 Å². The van der Waals surface area contributed by atoms with Gasteiger partial charge in [0.1, 0.15) is 18.1 Å². The number of para-hydroxylation sites is 1. The van der Waals surface area contributed by atoms with Crippen molar-refractivity contribution in [1.29, 1.82) is 0 Å². The van der Waals surface area contributed by atoms with Gasteiger partial charge in [0.25, 0.3) is 10.0 Å². The van der Waals surface area contributed by atoms with Crippen LogP contribution in [0.3, 0.4) is 0 Å². The second kappa shape index (κ2) is 10.4. The van der Waals surface area contributed by atoms with Gasteiger partial charge in [-0.3, -0.25) is 9.10 Å². The van der Waals surface area contributed by atoms with E-state index in [-0.39, 0.29) is 23.2 Å². The number of sulfonamides is 1. The zero-order chi connectivity index (χ0) is 25.0. The van der Waals surface area contributed by atoms with Gasteiger partial charge in [-0.2, -0.15) is 0 Å². The molecule has 0 aromatic heterocycles. The molecule has 4 rings (SSSR count). The molecule has 0 N–H and O–H groups in total. The number of piperazine rings is 1. The number of carbonyl (C=O) groups is 1. The number of benzene rings is 3. The van der Waals surface area contributed by atoms with Gasteiger partial charge in [-0.25, -0.2) is 12.8 Å². The Hall–Kier alpha value is -3.59. The minimum atomic E-state index is -4.05. The SMILES string of the molecule is COc1ccc(C)cc1N(CC(=O)N1CCN(c2ccccc2F)CC1)S(=O)(=O)c1ccccc1. The van der Waals surface area contributed by atoms with Crippen molar-refractivity contribution in [3.05, 3.63) is 84.2 Å². The minimum Gasteiger partial charge on any atom is -0.495 e. The number of carbonyl (C=O) groups excluding carboxylic acids is 1. The summed E-state index contributed by atoms with van der Waals surface area (Å²) in [5.74, 6) is -0.285. The van der Waals surface area contributed by atoms with Gasteiger partial charge >= 0.3 is 0 Å². The summed E-state index contributed by atoms with van der Waals surface area (Å²) < 4.78 is 48.0. The van der Waals surface area contributed by atoms with Crippen LogP contribution in [0, 0.1) is 12.7 Å². The van der Waals surface area contributed by atoms with Crippen LogP contribution >= 0.6 is 0 Å². The average Bonchev–Trinajstić information content (AvgIpc) is 2.88. The fourth-order valence-corrected chi connectivity index (χ4v) is 5.58. The zero-order valence-corrected chi connectivity index (χ0v) is 20.5. The quantitative estimate of drug-likeness (QED) is 0.498. The van der Waals surface area contributed by atoms with Gasteiger partial charge in [0.05, 0.1) is 23.4 Å². The molecule has 0 atom stereocenters. The third-order valence-corrected chi connectivity index (χ3v) is 7.81. The normalized spacial score (nSPS) is 14.0. The Morgan fingerprint density at radius 3 is 2.29 bits per heavy atom. The van der Waals surface area contributed by atoms with E-state index in [9.17, 15) is 17.6 Å². The van der Waals surface area contributed by atoms with Crippen LogP contribution in [0.4, 0.5) is 15.8 Å². The highest BCUT2D eigenvalue weighted by Gasteiger charge is 2.32. The lowest BCUT2D eigenvalue weighted by molar-refractivity contribution is -0.129. The first-order valence-corrected chi connectivity index (χ1v) is 12.7. The molecule has 1 aliphatic rings. The number of halogens is 1. The van der Waals surface area contributed by atoms with Gasteiger partial charge in [-0.05, 0) is 48.9 Å². The van der Waals surface area contributed by atoms with Crippen LogP contribution in [0.5, 0.6) is 5.75 Å². The van der Waals surface area contributed by atoms with Gasteiger partial charge in [-0.15, -0.1) is 0 Å². The summed E-state index contributed by atoms with van der Waals surface area (Å²) in [6.07, 6.45) is 0. The highest BCUT2D eigenvalue weighted by atomic mass is 32.2. The summed E-state index contributed by atoms with van der Waals surface area (Å²) in [6.45, 7) is 3.09. The molecule has 0 aliphatic carbocycles. The van der Waals surface area contributed by atoms with E-state index >= 15 is 0 Å². The lowest BCUT2D eigenvalue weighted by Gasteiger charge is -2.37. The Labute approximate surface area is 205 Å². The van der Waals surface area contributed by atoms with Crippen molar-refractivity contribution in [2.75, 3.05) is 49.0 Å². The lowest BCUT2D eigenvalue weighted by atomic mass is 10.2. The molecule has 7 nitrogen and oxygen atoms in total. The van der Waals surface area contributed by atoms with Crippen LogP contribution in [0.25, 0.3) is 0 Å². The van der Waals surface area contributed by atoms with Crippen molar-refractivity contribution in [2.45, 2.75) is 11.8 Å². The third kappa shape index (κ3) is 5.24. The Balaban J connectivity index is 1.59. The molecule has 1 aliphatic heterocycles. The summed E-state index contributed by atoms with van der Waals surface area (Å²) in [5.41, 5.74) is 1.63. The van der Waals surface area contributed by atoms with Crippen LogP contribution in [-0.4, -0.2) is 59.1 Å². The molecule has 35 heavy (non-hydrogen) atoms. The molecule has 0 spiro atoms. The summed E-state index contributed by atoms with van der Waals surface area (Å²) in [6, 6.07) is 19.8. The van der Waals surface area contributed by atoms with Crippen molar-refractivity contribution < 1.29 is 22.3 Å². The largest absolute Gasteiger partial charge is 0.495 e. The molecular formula is C26H28FN3O4S. The molecule has 1 heterocycles. The third-order valence-electron chi connectivity index (χ3n) is 6.04. The number of rotatable bonds is 7. The molecule has 3 aromatic carbocycles. The summed E-state index contributed by atoms with van der Waals surface area (Å²) in [7, 11) is -2.59. The predicted molar refractivity (Wildman–Crippen MR) is 134 cm³/mol. The Bertz CT molecular complexity index is 1290. The van der Waals surface area contributed by atoms with Gasteiger partial charge in [0, 0.05) is 26.2 Å². The van der Waals surface area contributed by atoms with Crippen LogP contribution < -0.4 is 13.9 Å². The summed E-state index contributed by atoms with van der Waals surface area (Å²) in [5, 5.41) is 0. The smallest absolute Gasteiger partial charge is 0.264 e. The molecule has 3 aromatic rings. The average molecular weight is 498 g/mol. The topological polar surface area (TPSA) is 70.2 Å². The fourth-order valence-electron chi connectivity index (χ4n) is 4.14. The molecule has 1 fully saturated rings. The van der Waals surface area contributed by atoms with Crippen molar-refractivity contribution in [2.24, 2.45) is 0 Å². The first kappa shape index (κ1) is 24.5. The van der Waals surface area contributed by atoms with E-state index in [1.807, 2.05) is 17.9 Å². The highest BCUT2D eigenvalue weighted by Crippen LogP contribution is 2.33. The molecule has 9 heteroatoms. The molecule has 0 unspecified atom stereocenters. The molecule has 0 bridgehead atoms. The molecule has 184 valence electrons. The zero-order valence-electron chi connectivity index (χ0n) is 19.7. The van der Waals surface area contributed by atoms with Gasteiger partial charge in [0.2, 0.25) is 5.91 Å². The number of hydrogen-bond acceptors (Lipinski definition) is 5. The van der Waals surface area contributed by atoms with E-state index in [0.717, 1.165) is 9.87 Å². The monoisotopic (exact) mass is 497 g/mol. The van der Waals surface area contributed by atoms with Crippen molar-refractivity contribution in [3.8, 4) is 5.75 Å². The Kier molecular flexibility index (Phi) is 7.25. The van der Waals surface area contributed by atoms with Crippen molar-refractivity contribution in [1.82, 2.24) is 4.90 Å². The number of nitrogens with zero attached hydrogens (tertiary/aromatic N) is 3. The maximum atomic E-state index is 14.2. The standard InChI is InChI=1S/C26H28FN3O4S/c1-20-12-13-25(34-2)24(18-20)30(35(32,33)21-8-4-3-5-9-21)19-26(31)29-16-14-28(15-17-29)23-11-7-6-10-22(23)27/h3-13,18H,14-17,19H2,1-2H3. The summed E-state index contributed by atoms with van der Waals surface area (Å²) in [4.78, 5) is 16.9. The second-order valence-electron chi connectivity index (χ2n) is 8.32. The van der Waals surface area contributed by atoms with Crippen LogP contribution in [0.1, 0.15) is 5.56 Å². The van der Waals surface area contributed by atoms with Gasteiger partial charge < -0.3 is 14.5 Å². The number of anilines is 2. The van der Waals surface area contributed by atoms with Gasteiger partial charge in [0.15, 0.2) is 0 Å². The van der Waals surface area contributed by atoms with Crippen molar-refractivity contribution in [3.63, 3.8) is 0 Å². The molecule has 0 radical (unpaired) electrons. The number of methoxy groups -OCH3 is 1. The molecule has 0 saturated carbocycles. The van der Waals surface area contributed by atoms with E-state index < -0.39 is 10.0 Å². The maximum Gasteiger partial charge on any atom is 0.264 e. The van der Waals surface area contributed by atoms with Gasteiger partial charge in [-0.1, -0.05) is 36.4 Å². The molecular weight excluding hydrogens is 469 g/mol. The number of amides is 1. The highest BCUT2D eigenvalue weighted by molar-refractivity contribution is 7.92. The molecule has 1 amide bonds. The summed E-state index contributed by atoms with van der Waals surface area (Å²) >= 11 is 0. The predicted octanol–water partition coefficient (Wildman–Crippen LogP) is 3.69. The first-order valence-electron chi connectivity index (χ1n) is 11.3. The minimum absolute atomic E-state index is 0.0840. The first-order chi connectivity index (χ1) is 16.8. The number of ether oxygens (including phenoxy) is 1. The fraction of sp³-hybridized carbons (Fsp3) is 0.269. The number of hydrogen-bond donors (Lipinski definition) is 0. The van der Waals surface area contributed by atoms with Crippen LogP contribution in [0.2, 0.25) is 0 Å². The van der Waals surface area contributed by atoms with E-state index in [2.05, 4.69) is 0 Å². The number of aryl methyl sites for hydroxylation is 1. The van der Waals surface area contributed by atoms with E-state index in [1.165, 1.54) is 25.3 Å². The molecule has 1 saturated heterocycles. The van der Waals surface area contributed by atoms with Crippen LogP contribution in [-0.2, 0) is 14.8 Å². The van der Waals surface area contributed by atoms with Crippen molar-refractivity contribution >= 4 is 27.3 Å².